The van der Waals surface area contributed by atoms with Gasteiger partial charge >= 0.3 is 6.18 Å². The molecular formula is C20H21F3N2O4S. The van der Waals surface area contributed by atoms with Crippen LogP contribution < -0.4 is 4.74 Å². The molecule has 1 amide bonds. The van der Waals surface area contributed by atoms with Crippen molar-refractivity contribution < 1.29 is 31.1 Å². The number of hydrogen-bond acceptors (Lipinski definition) is 4. The first-order valence-corrected chi connectivity index (χ1v) is 10.6. The predicted molar refractivity (Wildman–Crippen MR) is 103 cm³/mol. The molecule has 0 spiro atoms. The first-order valence-electron chi connectivity index (χ1n) is 9.19. The van der Waals surface area contributed by atoms with Crippen molar-refractivity contribution in [1.82, 2.24) is 9.21 Å². The molecule has 0 bridgehead atoms. The number of amides is 1. The summed E-state index contributed by atoms with van der Waals surface area (Å²) in [6, 6.07) is 10.8. The Morgan fingerprint density at radius 3 is 2.23 bits per heavy atom. The Bertz CT molecular complexity index is 999. The maximum atomic E-state index is 12.9. The third-order valence-corrected chi connectivity index (χ3v) is 6.80. The van der Waals surface area contributed by atoms with E-state index in [2.05, 4.69) is 0 Å². The van der Waals surface area contributed by atoms with E-state index >= 15 is 0 Å². The number of rotatable bonds is 5. The molecule has 2 aromatic carbocycles. The number of hydrogen-bond donors (Lipinski definition) is 0. The van der Waals surface area contributed by atoms with E-state index in [4.69, 9.17) is 4.74 Å². The highest BCUT2D eigenvalue weighted by atomic mass is 32.2. The number of alkyl halides is 3. The second-order valence-electron chi connectivity index (χ2n) is 6.84. The Kier molecular flexibility index (Phi) is 6.37. The summed E-state index contributed by atoms with van der Waals surface area (Å²) in [5.74, 6) is 0.538. The van der Waals surface area contributed by atoms with Gasteiger partial charge in [0, 0.05) is 26.2 Å². The second kappa shape index (κ2) is 8.65. The molecule has 0 N–H and O–H groups in total. The van der Waals surface area contributed by atoms with Crippen molar-refractivity contribution in [2.24, 2.45) is 0 Å². The molecular weight excluding hydrogens is 421 g/mol. The van der Waals surface area contributed by atoms with Crippen LogP contribution in [-0.4, -0.2) is 56.8 Å². The highest BCUT2D eigenvalue weighted by Gasteiger charge is 2.34. The van der Waals surface area contributed by atoms with Gasteiger partial charge in [0.2, 0.25) is 15.9 Å². The fourth-order valence-corrected chi connectivity index (χ4v) is 4.66. The van der Waals surface area contributed by atoms with Crippen LogP contribution in [-0.2, 0) is 27.4 Å². The minimum atomic E-state index is -4.63. The van der Waals surface area contributed by atoms with Gasteiger partial charge in [0.15, 0.2) is 0 Å². The van der Waals surface area contributed by atoms with Crippen LogP contribution in [0, 0.1) is 0 Å². The molecule has 0 atom stereocenters. The average molecular weight is 442 g/mol. The summed E-state index contributed by atoms with van der Waals surface area (Å²) >= 11 is 0. The van der Waals surface area contributed by atoms with Crippen LogP contribution in [0.4, 0.5) is 13.2 Å². The Hall–Kier alpha value is -2.59. The molecule has 1 fully saturated rings. The molecule has 0 radical (unpaired) electrons. The van der Waals surface area contributed by atoms with E-state index in [-0.39, 0.29) is 38.5 Å². The summed E-state index contributed by atoms with van der Waals surface area (Å²) in [6.07, 6.45) is -4.46. The summed E-state index contributed by atoms with van der Waals surface area (Å²) in [6.45, 7) is 0.389. The smallest absolute Gasteiger partial charge is 0.416 e. The summed E-state index contributed by atoms with van der Waals surface area (Å²) in [5, 5.41) is 0. The summed E-state index contributed by atoms with van der Waals surface area (Å²) in [5.41, 5.74) is -0.211. The average Bonchev–Trinajstić information content (AvgIpc) is 2.74. The number of benzene rings is 2. The second-order valence-corrected chi connectivity index (χ2v) is 8.77. The third-order valence-electron chi connectivity index (χ3n) is 4.90. The Morgan fingerprint density at radius 2 is 1.67 bits per heavy atom. The highest BCUT2D eigenvalue weighted by molar-refractivity contribution is 7.89. The number of carbonyl (C=O) groups excluding carboxylic acids is 1. The van der Waals surface area contributed by atoms with E-state index in [0.717, 1.165) is 28.1 Å². The Balaban J connectivity index is 1.63. The standard InChI is InChI=1S/C20H21F3N2O4S/c1-29-17-7-5-15(6-8-17)13-19(26)24-9-11-25(12-10-24)30(27,28)18-4-2-3-16(14-18)20(21,22)23/h2-8,14H,9-13H2,1H3. The minimum Gasteiger partial charge on any atom is -0.497 e. The van der Waals surface area contributed by atoms with Crippen LogP contribution in [0.2, 0.25) is 0 Å². The van der Waals surface area contributed by atoms with Gasteiger partial charge in [-0.05, 0) is 35.9 Å². The Morgan fingerprint density at radius 1 is 1.03 bits per heavy atom. The van der Waals surface area contributed by atoms with Crippen LogP contribution in [0.5, 0.6) is 5.75 Å². The summed E-state index contributed by atoms with van der Waals surface area (Å²) in [4.78, 5) is 13.7. The molecule has 0 aromatic heterocycles. The van der Waals surface area contributed by atoms with E-state index in [1.54, 1.807) is 36.3 Å². The molecule has 1 aliphatic rings. The maximum absolute atomic E-state index is 12.9. The lowest BCUT2D eigenvalue weighted by Gasteiger charge is -2.34. The van der Waals surface area contributed by atoms with Gasteiger partial charge in [0.25, 0.3) is 0 Å². The molecule has 1 aliphatic heterocycles. The fraction of sp³-hybridized carbons (Fsp3) is 0.350. The molecule has 6 nitrogen and oxygen atoms in total. The largest absolute Gasteiger partial charge is 0.497 e. The molecule has 0 aliphatic carbocycles. The van der Waals surface area contributed by atoms with Crippen molar-refractivity contribution >= 4 is 15.9 Å². The first kappa shape index (κ1) is 22.1. The third kappa shape index (κ3) is 4.93. The van der Waals surface area contributed by atoms with Crippen molar-refractivity contribution in [3.8, 4) is 5.75 Å². The van der Waals surface area contributed by atoms with Crippen molar-refractivity contribution in [2.75, 3.05) is 33.3 Å². The maximum Gasteiger partial charge on any atom is 0.416 e. The highest BCUT2D eigenvalue weighted by Crippen LogP contribution is 2.31. The van der Waals surface area contributed by atoms with Gasteiger partial charge in [0.05, 0.1) is 24.0 Å². The number of piperazine rings is 1. The molecule has 3 rings (SSSR count). The van der Waals surface area contributed by atoms with Crippen LogP contribution in [0.3, 0.4) is 0 Å². The SMILES string of the molecule is COc1ccc(CC(=O)N2CCN(S(=O)(=O)c3cccc(C(F)(F)F)c3)CC2)cc1. The van der Waals surface area contributed by atoms with Crippen molar-refractivity contribution in [3.63, 3.8) is 0 Å². The van der Waals surface area contributed by atoms with Gasteiger partial charge in [-0.3, -0.25) is 4.79 Å². The molecule has 30 heavy (non-hydrogen) atoms. The molecule has 162 valence electrons. The number of ether oxygens (including phenoxy) is 1. The van der Waals surface area contributed by atoms with Crippen LogP contribution in [0.25, 0.3) is 0 Å². The number of sulfonamides is 1. The van der Waals surface area contributed by atoms with Gasteiger partial charge in [0.1, 0.15) is 5.75 Å². The topological polar surface area (TPSA) is 66.9 Å². The molecule has 2 aromatic rings. The van der Waals surface area contributed by atoms with Gasteiger partial charge in [-0.2, -0.15) is 17.5 Å². The van der Waals surface area contributed by atoms with E-state index < -0.39 is 26.7 Å². The predicted octanol–water partition coefficient (Wildman–Crippen LogP) is 2.79. The number of nitrogens with zero attached hydrogens (tertiary/aromatic N) is 2. The fourth-order valence-electron chi connectivity index (χ4n) is 3.19. The van der Waals surface area contributed by atoms with Gasteiger partial charge in [-0.25, -0.2) is 8.42 Å². The van der Waals surface area contributed by atoms with Crippen LogP contribution in [0.1, 0.15) is 11.1 Å². The number of carbonyl (C=O) groups is 1. The number of methoxy groups -OCH3 is 1. The van der Waals surface area contributed by atoms with Gasteiger partial charge in [-0.1, -0.05) is 18.2 Å². The lowest BCUT2D eigenvalue weighted by molar-refractivity contribution is -0.137. The molecule has 0 saturated carbocycles. The lowest BCUT2D eigenvalue weighted by Crippen LogP contribution is -2.50. The van der Waals surface area contributed by atoms with Gasteiger partial charge < -0.3 is 9.64 Å². The van der Waals surface area contributed by atoms with E-state index in [9.17, 15) is 26.4 Å². The normalized spacial score (nSPS) is 15.8. The van der Waals surface area contributed by atoms with Crippen molar-refractivity contribution in [3.05, 3.63) is 59.7 Å². The zero-order valence-electron chi connectivity index (χ0n) is 16.2. The monoisotopic (exact) mass is 442 g/mol. The molecule has 10 heteroatoms. The van der Waals surface area contributed by atoms with E-state index in [1.807, 2.05) is 0 Å². The lowest BCUT2D eigenvalue weighted by atomic mass is 10.1. The zero-order valence-corrected chi connectivity index (χ0v) is 17.0. The van der Waals surface area contributed by atoms with Crippen molar-refractivity contribution in [1.29, 1.82) is 0 Å². The van der Waals surface area contributed by atoms with Crippen molar-refractivity contribution in [2.45, 2.75) is 17.5 Å². The van der Waals surface area contributed by atoms with E-state index in [1.165, 1.54) is 0 Å². The van der Waals surface area contributed by atoms with Crippen LogP contribution >= 0.6 is 0 Å². The molecule has 0 unspecified atom stereocenters. The minimum absolute atomic E-state index is 0.0208. The molecule has 1 heterocycles. The zero-order chi connectivity index (χ0) is 21.9. The summed E-state index contributed by atoms with van der Waals surface area (Å²) in [7, 11) is -2.53. The summed E-state index contributed by atoms with van der Waals surface area (Å²) < 4.78 is 70.4. The Labute approximate surface area is 172 Å². The van der Waals surface area contributed by atoms with Gasteiger partial charge in [-0.15, -0.1) is 0 Å². The quantitative estimate of drug-likeness (QED) is 0.714. The van der Waals surface area contributed by atoms with E-state index in [0.29, 0.717) is 11.8 Å². The van der Waals surface area contributed by atoms with Crippen LogP contribution in [0.15, 0.2) is 53.4 Å². The first-order chi connectivity index (χ1) is 14.1. The molecule has 1 saturated heterocycles. The number of halogens is 3.